The second kappa shape index (κ2) is 7.98. The molecule has 148 valence electrons. The molecule has 4 unspecified atom stereocenters. The van der Waals surface area contributed by atoms with E-state index in [9.17, 15) is 18.0 Å². The van der Waals surface area contributed by atoms with E-state index in [1.54, 1.807) is 24.3 Å². The molecule has 0 spiro atoms. The molecule has 2 saturated carbocycles. The van der Waals surface area contributed by atoms with E-state index in [0.29, 0.717) is 23.9 Å². The van der Waals surface area contributed by atoms with Crippen molar-refractivity contribution in [1.29, 1.82) is 0 Å². The van der Waals surface area contributed by atoms with Crippen molar-refractivity contribution < 1.29 is 22.7 Å². The molecule has 0 saturated heterocycles. The van der Waals surface area contributed by atoms with Gasteiger partial charge in [0, 0.05) is 12.6 Å². The van der Waals surface area contributed by atoms with Crippen LogP contribution < -0.4 is 11.1 Å². The molecule has 1 aromatic carbocycles. The normalized spacial score (nSPS) is 26.7. The number of sulfone groups is 1. The van der Waals surface area contributed by atoms with Gasteiger partial charge < -0.3 is 15.8 Å². The average Bonchev–Trinajstić information content (AvgIpc) is 3.21. The summed E-state index contributed by atoms with van der Waals surface area (Å²) < 4.78 is 28.3. The van der Waals surface area contributed by atoms with E-state index in [4.69, 9.17) is 5.73 Å². The van der Waals surface area contributed by atoms with E-state index in [0.717, 1.165) is 31.9 Å². The molecule has 0 radical (unpaired) electrons. The van der Waals surface area contributed by atoms with Crippen LogP contribution in [0.1, 0.15) is 30.4 Å². The third kappa shape index (κ3) is 4.68. The Labute approximate surface area is 159 Å². The lowest BCUT2D eigenvalue weighted by Crippen LogP contribution is -2.45. The van der Waals surface area contributed by atoms with Crippen LogP contribution in [0.2, 0.25) is 0 Å². The number of rotatable bonds is 7. The van der Waals surface area contributed by atoms with Gasteiger partial charge in [-0.3, -0.25) is 9.59 Å². The van der Waals surface area contributed by atoms with Gasteiger partial charge in [0.15, 0.2) is 9.84 Å². The third-order valence-electron chi connectivity index (χ3n) is 5.73. The first-order valence-electron chi connectivity index (χ1n) is 9.17. The van der Waals surface area contributed by atoms with Crippen molar-refractivity contribution in [2.24, 2.45) is 23.5 Å². The van der Waals surface area contributed by atoms with Gasteiger partial charge in [-0.2, -0.15) is 0 Å². The summed E-state index contributed by atoms with van der Waals surface area (Å²) in [5.41, 5.74) is 7.68. The van der Waals surface area contributed by atoms with Crippen LogP contribution in [0.25, 0.3) is 0 Å². The van der Waals surface area contributed by atoms with Gasteiger partial charge in [0.2, 0.25) is 5.91 Å². The molecule has 27 heavy (non-hydrogen) atoms. The molecule has 7 nitrogen and oxygen atoms in total. The summed E-state index contributed by atoms with van der Waals surface area (Å²) in [7, 11) is -2.41. The molecule has 1 aromatic rings. The topological polar surface area (TPSA) is 116 Å². The molecule has 3 N–H and O–H groups in total. The Bertz CT molecular complexity index is 804. The lowest BCUT2D eigenvalue weighted by Gasteiger charge is -2.27. The average molecular weight is 394 g/mol. The Morgan fingerprint density at radius 1 is 1.15 bits per heavy atom. The minimum Gasteiger partial charge on any atom is -0.468 e. The number of hydrogen-bond acceptors (Lipinski definition) is 6. The molecule has 0 heterocycles. The van der Waals surface area contributed by atoms with Gasteiger partial charge in [0.25, 0.3) is 0 Å². The lowest BCUT2D eigenvalue weighted by atomic mass is 9.84. The highest BCUT2D eigenvalue weighted by Gasteiger charge is 2.48. The zero-order valence-electron chi connectivity index (χ0n) is 15.4. The summed E-state index contributed by atoms with van der Waals surface area (Å²) >= 11 is 0. The number of esters is 1. The van der Waals surface area contributed by atoms with Crippen molar-refractivity contribution in [3.8, 4) is 0 Å². The minimum absolute atomic E-state index is 0.0134. The van der Waals surface area contributed by atoms with Crippen LogP contribution in [0.15, 0.2) is 24.3 Å². The molecule has 2 bridgehead atoms. The summed E-state index contributed by atoms with van der Waals surface area (Å²) in [5.74, 6) is -0.816. The van der Waals surface area contributed by atoms with Crippen LogP contribution in [-0.2, 0) is 36.5 Å². The maximum atomic E-state index is 12.5. The second-order valence-corrected chi connectivity index (χ2v) is 9.64. The van der Waals surface area contributed by atoms with Crippen molar-refractivity contribution in [2.75, 3.05) is 12.9 Å². The minimum atomic E-state index is -3.56. The molecule has 8 heteroatoms. The lowest BCUT2D eigenvalue weighted by molar-refractivity contribution is -0.137. The van der Waals surface area contributed by atoms with Crippen molar-refractivity contribution in [1.82, 2.24) is 5.32 Å². The SMILES string of the molecule is COC(=O)CS(=O)(=O)Cc1ccc(CNC(=O)C2C3CCC(C3)C2N)cc1. The molecular formula is C19H26N2O5S. The molecule has 2 fully saturated rings. The highest BCUT2D eigenvalue weighted by atomic mass is 32.2. The van der Waals surface area contributed by atoms with E-state index in [2.05, 4.69) is 10.1 Å². The van der Waals surface area contributed by atoms with Crippen molar-refractivity contribution in [3.05, 3.63) is 35.4 Å². The van der Waals surface area contributed by atoms with E-state index in [1.165, 1.54) is 0 Å². The van der Waals surface area contributed by atoms with Gasteiger partial charge in [-0.1, -0.05) is 24.3 Å². The first-order valence-corrected chi connectivity index (χ1v) is 11.0. The highest BCUT2D eigenvalue weighted by molar-refractivity contribution is 7.91. The molecular weight excluding hydrogens is 368 g/mol. The summed E-state index contributed by atoms with van der Waals surface area (Å²) in [6.07, 6.45) is 3.29. The first kappa shape index (κ1) is 19.8. The van der Waals surface area contributed by atoms with Crippen LogP contribution in [0.4, 0.5) is 0 Å². The fourth-order valence-electron chi connectivity index (χ4n) is 4.33. The molecule has 2 aliphatic rings. The van der Waals surface area contributed by atoms with Crippen LogP contribution in [0, 0.1) is 17.8 Å². The fraction of sp³-hybridized carbons (Fsp3) is 0.579. The van der Waals surface area contributed by atoms with E-state index < -0.39 is 21.6 Å². The van der Waals surface area contributed by atoms with Crippen molar-refractivity contribution in [2.45, 2.75) is 37.6 Å². The maximum Gasteiger partial charge on any atom is 0.320 e. The summed E-state index contributed by atoms with van der Waals surface area (Å²) in [4.78, 5) is 23.6. The maximum absolute atomic E-state index is 12.5. The Hall–Kier alpha value is -1.93. The van der Waals surface area contributed by atoms with Gasteiger partial charge in [-0.15, -0.1) is 0 Å². The monoisotopic (exact) mass is 394 g/mol. The predicted octanol–water partition coefficient (Wildman–Crippen LogP) is 0.764. The van der Waals surface area contributed by atoms with Crippen LogP contribution in [0.5, 0.6) is 0 Å². The van der Waals surface area contributed by atoms with Gasteiger partial charge in [0.1, 0.15) is 5.75 Å². The number of nitrogens with one attached hydrogen (secondary N) is 1. The second-order valence-electron chi connectivity index (χ2n) is 7.58. The third-order valence-corrected chi connectivity index (χ3v) is 7.17. The number of fused-ring (bicyclic) bond motifs is 2. The van der Waals surface area contributed by atoms with Crippen molar-refractivity contribution in [3.63, 3.8) is 0 Å². The van der Waals surface area contributed by atoms with Gasteiger partial charge in [-0.25, -0.2) is 8.42 Å². The van der Waals surface area contributed by atoms with E-state index in [-0.39, 0.29) is 23.6 Å². The Morgan fingerprint density at radius 2 is 1.78 bits per heavy atom. The highest BCUT2D eigenvalue weighted by Crippen LogP contribution is 2.47. The van der Waals surface area contributed by atoms with Gasteiger partial charge >= 0.3 is 5.97 Å². The zero-order chi connectivity index (χ0) is 19.6. The quantitative estimate of drug-likeness (QED) is 0.660. The Morgan fingerprint density at radius 3 is 2.37 bits per heavy atom. The first-order chi connectivity index (χ1) is 12.8. The van der Waals surface area contributed by atoms with Gasteiger partial charge in [-0.05, 0) is 42.2 Å². The number of carbonyl (C=O) groups is 2. The van der Waals surface area contributed by atoms with Crippen molar-refractivity contribution >= 4 is 21.7 Å². The van der Waals surface area contributed by atoms with E-state index in [1.807, 2.05) is 0 Å². The number of nitrogens with two attached hydrogens (primary N) is 1. The van der Waals surface area contributed by atoms with Gasteiger partial charge in [0.05, 0.1) is 18.8 Å². The Balaban J connectivity index is 1.52. The zero-order valence-corrected chi connectivity index (χ0v) is 16.2. The number of methoxy groups -OCH3 is 1. The summed E-state index contributed by atoms with van der Waals surface area (Å²) in [6, 6.07) is 6.92. The van der Waals surface area contributed by atoms with Crippen LogP contribution >= 0.6 is 0 Å². The standard InChI is InChI=1S/C19H26N2O5S/c1-26-16(22)11-27(24,25)10-13-4-2-12(3-5-13)9-21-19(23)17-14-6-7-15(8-14)18(17)20/h2-5,14-15,17-18H,6-11,20H2,1H3,(H,21,23). The fourth-order valence-corrected chi connectivity index (χ4v) is 5.61. The molecule has 0 aliphatic heterocycles. The molecule has 4 atom stereocenters. The number of ether oxygens (including phenoxy) is 1. The molecule has 0 aromatic heterocycles. The number of carbonyl (C=O) groups excluding carboxylic acids is 2. The largest absolute Gasteiger partial charge is 0.468 e. The van der Waals surface area contributed by atoms with Crippen LogP contribution in [0.3, 0.4) is 0 Å². The summed E-state index contributed by atoms with van der Waals surface area (Å²) in [6.45, 7) is 0.384. The number of benzene rings is 1. The Kier molecular flexibility index (Phi) is 5.86. The molecule has 1 amide bonds. The predicted molar refractivity (Wildman–Crippen MR) is 100 cm³/mol. The summed E-state index contributed by atoms with van der Waals surface area (Å²) in [5, 5.41) is 2.96. The number of hydrogen-bond donors (Lipinski definition) is 2. The van der Waals surface area contributed by atoms with E-state index >= 15 is 0 Å². The molecule has 2 aliphatic carbocycles. The molecule has 3 rings (SSSR count). The van der Waals surface area contributed by atoms with Crippen LogP contribution in [-0.4, -0.2) is 39.2 Å². The number of amides is 1. The smallest absolute Gasteiger partial charge is 0.320 e.